The van der Waals surface area contributed by atoms with Crippen LogP contribution in [-0.4, -0.2) is 10.2 Å². The van der Waals surface area contributed by atoms with Crippen LogP contribution < -0.4 is 0 Å². The normalized spacial score (nSPS) is 4.80. The van der Waals surface area contributed by atoms with Crippen molar-refractivity contribution in [3.05, 3.63) is 30.6 Å². The van der Waals surface area contributed by atoms with Gasteiger partial charge in [-0.2, -0.15) is 0 Å². The van der Waals surface area contributed by atoms with Gasteiger partial charge < -0.3 is 30.6 Å². The first-order valence-electron chi connectivity index (χ1n) is 1.10. The summed E-state index contributed by atoms with van der Waals surface area (Å²) >= 11 is 0. The number of nitrogens with zero attached hydrogens (tertiary/aromatic N) is 2. The van der Waals surface area contributed by atoms with E-state index in [4.69, 9.17) is 30.6 Å². The van der Waals surface area contributed by atoms with Gasteiger partial charge in [0.2, 0.25) is 0 Å². The van der Waals surface area contributed by atoms with Crippen molar-refractivity contribution in [3.63, 3.8) is 0 Å². The Bertz CT molecular complexity index is 73.7. The Kier molecular flexibility index (Phi) is 35.9. The molecule has 0 aromatic heterocycles. The van der Waals surface area contributed by atoms with E-state index in [0.717, 1.165) is 0 Å². The molecule has 0 aliphatic carbocycles. The van der Waals surface area contributed by atoms with E-state index >= 15 is 0 Å². The zero-order valence-corrected chi connectivity index (χ0v) is 6.37. The zero-order chi connectivity index (χ0) is 7.15. The van der Waals surface area contributed by atoms with E-state index in [-0.39, 0.29) is 39.4 Å². The van der Waals surface area contributed by atoms with Gasteiger partial charge in [0.15, 0.2) is 0 Å². The molecule has 0 aliphatic heterocycles. The van der Waals surface area contributed by atoms with Crippen molar-refractivity contribution in [2.75, 3.05) is 0 Å². The fraction of sp³-hybridized carbons (Fsp3) is 0. The predicted molar refractivity (Wildman–Crippen MR) is 20.7 cm³/mol. The van der Waals surface area contributed by atoms with Crippen molar-refractivity contribution in [1.82, 2.24) is 0 Å². The summed E-state index contributed by atoms with van der Waals surface area (Å²) in [5, 5.41) is 29.5. The molecule has 0 spiro atoms. The minimum absolute atomic E-state index is 0. The molecule has 0 heterocycles. The molecular formula is AgCuN2O6+. The van der Waals surface area contributed by atoms with Gasteiger partial charge in [0.25, 0.3) is 0 Å². The van der Waals surface area contributed by atoms with Gasteiger partial charge in [0, 0.05) is 0 Å². The minimum Gasteiger partial charge on any atom is -0.356 e. The predicted octanol–water partition coefficient (Wildman–Crippen LogP) is -0.483. The summed E-state index contributed by atoms with van der Waals surface area (Å²) in [4.78, 5) is 16.5. The molecule has 0 aliphatic rings. The van der Waals surface area contributed by atoms with Crippen molar-refractivity contribution in [1.29, 1.82) is 0 Å². The summed E-state index contributed by atoms with van der Waals surface area (Å²) in [7, 11) is 0. The van der Waals surface area contributed by atoms with Gasteiger partial charge >= 0.3 is 39.4 Å². The van der Waals surface area contributed by atoms with Crippen LogP contribution in [0.15, 0.2) is 0 Å². The largest absolute Gasteiger partial charge is 2.00 e. The summed E-state index contributed by atoms with van der Waals surface area (Å²) < 4.78 is 0. The molecule has 8 nitrogen and oxygen atoms in total. The minimum atomic E-state index is -1.75. The molecule has 0 fully saturated rings. The van der Waals surface area contributed by atoms with E-state index < -0.39 is 10.2 Å². The van der Waals surface area contributed by atoms with Crippen molar-refractivity contribution in [3.8, 4) is 0 Å². The molecule has 10 heavy (non-hydrogen) atoms. The third-order valence-electron chi connectivity index (χ3n) is 0. The molecule has 0 unspecified atom stereocenters. The summed E-state index contributed by atoms with van der Waals surface area (Å²) in [5.74, 6) is 0. The van der Waals surface area contributed by atoms with E-state index in [1.807, 2.05) is 0 Å². The monoisotopic (exact) mass is 294 g/mol. The van der Waals surface area contributed by atoms with Gasteiger partial charge in [-0.25, -0.2) is 0 Å². The van der Waals surface area contributed by atoms with Gasteiger partial charge in [-0.15, -0.1) is 0 Å². The van der Waals surface area contributed by atoms with Crippen molar-refractivity contribution in [2.24, 2.45) is 0 Å². The molecule has 0 amide bonds. The Balaban J connectivity index is -0.0000000300. The van der Waals surface area contributed by atoms with Crippen molar-refractivity contribution >= 4 is 0 Å². The van der Waals surface area contributed by atoms with Gasteiger partial charge in [0.1, 0.15) is 0 Å². The molecule has 1 radical (unpaired) electrons. The van der Waals surface area contributed by atoms with Crippen LogP contribution in [0.25, 0.3) is 0 Å². The van der Waals surface area contributed by atoms with E-state index in [1.54, 1.807) is 0 Å². The summed E-state index contributed by atoms with van der Waals surface area (Å²) in [6.45, 7) is 0. The van der Waals surface area contributed by atoms with Crippen molar-refractivity contribution < 1.29 is 49.6 Å². The van der Waals surface area contributed by atoms with Gasteiger partial charge in [-0.3, -0.25) is 0 Å². The number of rotatable bonds is 0. The molecule has 0 saturated carbocycles. The SMILES string of the molecule is O=[N+]([O-])[O-].O=[N+]([O-])[O-].[Ag+].[Cu+2]. The first-order chi connectivity index (χ1) is 3.46. The molecule has 0 N–H and O–H groups in total. The molecule has 0 atom stereocenters. The van der Waals surface area contributed by atoms with E-state index in [0.29, 0.717) is 0 Å². The molecule has 0 bridgehead atoms. The summed E-state index contributed by atoms with van der Waals surface area (Å²) in [5.41, 5.74) is 0. The van der Waals surface area contributed by atoms with Crippen LogP contribution in [0.1, 0.15) is 0 Å². The van der Waals surface area contributed by atoms with Gasteiger partial charge in [-0.05, 0) is 0 Å². The molecule has 0 rings (SSSR count). The van der Waals surface area contributed by atoms with E-state index in [2.05, 4.69) is 0 Å². The Morgan fingerprint density at radius 3 is 0.800 bits per heavy atom. The second-order valence-electron chi connectivity index (χ2n) is 0.447. The molecule has 0 aromatic carbocycles. The number of hydrogen-bond donors (Lipinski definition) is 0. The van der Waals surface area contributed by atoms with Crippen LogP contribution in [-0.2, 0) is 39.4 Å². The van der Waals surface area contributed by atoms with E-state index in [9.17, 15) is 0 Å². The first kappa shape index (κ1) is 22.6. The van der Waals surface area contributed by atoms with Crippen molar-refractivity contribution in [2.45, 2.75) is 0 Å². The molecule has 0 saturated heterocycles. The molecule has 10 heteroatoms. The van der Waals surface area contributed by atoms with Crippen LogP contribution in [0, 0.1) is 30.6 Å². The molecule has 0 aromatic rings. The Labute approximate surface area is 80.4 Å². The summed E-state index contributed by atoms with van der Waals surface area (Å²) in [6.07, 6.45) is 0. The first-order valence-corrected chi connectivity index (χ1v) is 1.10. The number of hydrogen-bond acceptors (Lipinski definition) is 6. The topological polar surface area (TPSA) is 132 Å². The summed E-state index contributed by atoms with van der Waals surface area (Å²) in [6, 6.07) is 0. The maximum atomic E-state index is 8.25. The molecule has 67 valence electrons. The van der Waals surface area contributed by atoms with Crippen LogP contribution in [0.2, 0.25) is 0 Å². The Morgan fingerprint density at radius 1 is 0.800 bits per heavy atom. The fourth-order valence-electron chi connectivity index (χ4n) is 0. The maximum Gasteiger partial charge on any atom is 2.00 e. The van der Waals surface area contributed by atoms with Crippen LogP contribution in [0.3, 0.4) is 0 Å². The third-order valence-corrected chi connectivity index (χ3v) is 0. The van der Waals surface area contributed by atoms with Gasteiger partial charge in [0.05, 0.1) is 10.2 Å². The van der Waals surface area contributed by atoms with Crippen LogP contribution >= 0.6 is 0 Å². The van der Waals surface area contributed by atoms with Crippen LogP contribution in [0.5, 0.6) is 0 Å². The average Bonchev–Trinajstić information content (AvgIpc) is 1.25. The zero-order valence-electron chi connectivity index (χ0n) is 3.95. The molecular weight excluding hydrogens is 295 g/mol. The maximum absolute atomic E-state index is 8.25. The standard InChI is InChI=1S/Ag.Cu.2NO3/c;;2*2-1(3)4/q+1;+2;2*-1. The Hall–Kier alpha value is -0.340. The fourth-order valence-corrected chi connectivity index (χ4v) is 0. The smallest absolute Gasteiger partial charge is 0.356 e. The van der Waals surface area contributed by atoms with Crippen LogP contribution in [0.4, 0.5) is 0 Å². The Morgan fingerprint density at radius 2 is 0.800 bits per heavy atom. The quantitative estimate of drug-likeness (QED) is 0.336. The van der Waals surface area contributed by atoms with Gasteiger partial charge in [-0.1, -0.05) is 0 Å². The van der Waals surface area contributed by atoms with E-state index in [1.165, 1.54) is 0 Å². The second-order valence-corrected chi connectivity index (χ2v) is 0.447. The second kappa shape index (κ2) is 15.9. The average molecular weight is 295 g/mol. The third kappa shape index (κ3) is 2930.